The smallest absolute Gasteiger partial charge is 0.0728 e. The van der Waals surface area contributed by atoms with Crippen molar-refractivity contribution in [1.82, 2.24) is 4.98 Å². The van der Waals surface area contributed by atoms with Gasteiger partial charge in [0.2, 0.25) is 0 Å². The number of rotatable bonds is 0. The second kappa shape index (κ2) is 0.861. The Morgan fingerprint density at radius 1 is 1.57 bits per heavy atom. The molecule has 7 heavy (non-hydrogen) atoms. The molecular weight excluding hydrogens is 86.1 g/mol. The second-order valence-electron chi connectivity index (χ2n) is 1.52. The Morgan fingerprint density at radius 3 is 3.14 bits per heavy atom. The van der Waals surface area contributed by atoms with Crippen LogP contribution >= 0.6 is 0 Å². The fraction of sp³-hybridized carbons (Fsp3) is 0. The first-order chi connectivity index (χ1) is 3.47. The highest BCUT2D eigenvalue weighted by Crippen LogP contribution is 2.25. The van der Waals surface area contributed by atoms with Gasteiger partial charge in [-0.05, 0) is 11.6 Å². The average Bonchev–Trinajstić information content (AvgIpc) is 2.41. The van der Waals surface area contributed by atoms with Gasteiger partial charge >= 0.3 is 0 Å². The van der Waals surface area contributed by atoms with E-state index in [1.807, 2.05) is 12.1 Å². The minimum Gasteiger partial charge on any atom is -0.260 e. The topological polar surface area (TPSA) is 12.9 Å². The molecular formula is C6H3N. The van der Waals surface area contributed by atoms with Gasteiger partial charge in [0.15, 0.2) is 0 Å². The molecule has 2 radical (unpaired) electrons. The predicted molar refractivity (Wildman–Crippen MR) is 25.7 cm³/mol. The molecule has 2 rings (SSSR count). The number of nitrogens with zero attached hydrogens (tertiary/aromatic N) is 1. The van der Waals surface area contributed by atoms with Crippen molar-refractivity contribution < 1.29 is 0 Å². The third-order valence-corrected chi connectivity index (χ3v) is 0.998. The van der Waals surface area contributed by atoms with Crippen LogP contribution in [0.1, 0.15) is 11.3 Å². The van der Waals surface area contributed by atoms with Crippen molar-refractivity contribution in [3.8, 4) is 0 Å². The van der Waals surface area contributed by atoms with E-state index in [0.29, 0.717) is 0 Å². The van der Waals surface area contributed by atoms with E-state index in [1.165, 1.54) is 5.56 Å². The zero-order valence-electron chi connectivity index (χ0n) is 3.68. The van der Waals surface area contributed by atoms with E-state index in [1.54, 1.807) is 6.20 Å². The highest BCUT2D eigenvalue weighted by Gasteiger charge is 2.17. The van der Waals surface area contributed by atoms with Crippen LogP contribution in [0, 0.1) is 6.42 Å². The van der Waals surface area contributed by atoms with Crippen LogP contribution in [0.25, 0.3) is 0 Å². The van der Waals surface area contributed by atoms with Crippen LogP contribution < -0.4 is 0 Å². The monoisotopic (exact) mass is 89.0 g/mol. The van der Waals surface area contributed by atoms with E-state index in [2.05, 4.69) is 11.4 Å². The summed E-state index contributed by atoms with van der Waals surface area (Å²) in [5.41, 5.74) is 2.20. The summed E-state index contributed by atoms with van der Waals surface area (Å²) in [6.07, 6.45) is 4.76. The maximum atomic E-state index is 3.96. The lowest BCUT2D eigenvalue weighted by Crippen LogP contribution is -1.60. The van der Waals surface area contributed by atoms with E-state index in [4.69, 9.17) is 0 Å². The molecule has 0 fully saturated rings. The number of hydrogen-bond acceptors (Lipinski definition) is 1. The van der Waals surface area contributed by atoms with E-state index in [0.717, 1.165) is 5.69 Å². The molecule has 1 aliphatic rings. The van der Waals surface area contributed by atoms with Crippen molar-refractivity contribution >= 4 is 0 Å². The van der Waals surface area contributed by atoms with Crippen molar-refractivity contribution in [1.29, 1.82) is 0 Å². The number of aromatic nitrogens is 1. The van der Waals surface area contributed by atoms with E-state index >= 15 is 0 Å². The zero-order chi connectivity index (χ0) is 4.69. The molecule has 1 nitrogen and oxygen atoms in total. The summed E-state index contributed by atoms with van der Waals surface area (Å²) < 4.78 is 0. The fourth-order valence-electron chi connectivity index (χ4n) is 0.576. The minimum absolute atomic E-state index is 1.03. The molecule has 1 aliphatic carbocycles. The van der Waals surface area contributed by atoms with E-state index in [-0.39, 0.29) is 0 Å². The predicted octanol–water partition coefficient (Wildman–Crippen LogP) is 0.873. The quantitative estimate of drug-likeness (QED) is 0.466. The molecule has 1 heteroatoms. The Balaban J connectivity index is 2.73. The highest BCUT2D eigenvalue weighted by atomic mass is 14.7. The van der Waals surface area contributed by atoms with Crippen molar-refractivity contribution in [3.63, 3.8) is 0 Å². The van der Waals surface area contributed by atoms with E-state index in [9.17, 15) is 0 Å². The Bertz CT molecular complexity index is 172. The van der Waals surface area contributed by atoms with Crippen molar-refractivity contribution in [2.45, 2.75) is 0 Å². The van der Waals surface area contributed by atoms with Crippen LogP contribution in [-0.2, 0) is 0 Å². The van der Waals surface area contributed by atoms with Crippen LogP contribution in [0.4, 0.5) is 0 Å². The van der Waals surface area contributed by atoms with Gasteiger partial charge in [0, 0.05) is 6.20 Å². The lowest BCUT2D eigenvalue weighted by atomic mass is 10.5. The molecule has 1 heterocycles. The van der Waals surface area contributed by atoms with Crippen molar-refractivity contribution in [3.05, 3.63) is 36.0 Å². The molecule has 0 amide bonds. The van der Waals surface area contributed by atoms with Crippen LogP contribution in [0.3, 0.4) is 0 Å². The maximum Gasteiger partial charge on any atom is 0.0728 e. The van der Waals surface area contributed by atoms with Gasteiger partial charge < -0.3 is 0 Å². The third kappa shape index (κ3) is 0.346. The summed E-state index contributed by atoms with van der Waals surface area (Å²) in [6.45, 7) is 0. The molecule has 0 N–H and O–H groups in total. The summed E-state index contributed by atoms with van der Waals surface area (Å²) in [6, 6.07) is 3.92. The van der Waals surface area contributed by atoms with E-state index < -0.39 is 0 Å². The number of pyridine rings is 1. The van der Waals surface area contributed by atoms with Gasteiger partial charge in [0.05, 0.1) is 12.1 Å². The minimum atomic E-state index is 1.03. The SMILES string of the molecule is [C]1c2cccnc21. The lowest BCUT2D eigenvalue weighted by molar-refractivity contribution is 1.34. The fourth-order valence-corrected chi connectivity index (χ4v) is 0.576. The average molecular weight is 89.1 g/mol. The standard InChI is InChI=1S/C6H3N/c1-2-5-4-6(5)7-3-1/h1-3H. The number of hydrogen-bond donors (Lipinski definition) is 0. The maximum absolute atomic E-state index is 3.96. The van der Waals surface area contributed by atoms with Crippen molar-refractivity contribution in [2.75, 3.05) is 0 Å². The highest BCUT2D eigenvalue weighted by molar-refractivity contribution is 5.52. The summed E-state index contributed by atoms with van der Waals surface area (Å²) in [5, 5.41) is 0. The molecule has 1 aromatic heterocycles. The molecule has 0 bridgehead atoms. The van der Waals surface area contributed by atoms with Crippen LogP contribution in [0.5, 0.6) is 0 Å². The van der Waals surface area contributed by atoms with Gasteiger partial charge in [-0.25, -0.2) is 0 Å². The molecule has 32 valence electrons. The first-order valence-electron chi connectivity index (χ1n) is 2.19. The van der Waals surface area contributed by atoms with Gasteiger partial charge in [0.1, 0.15) is 0 Å². The van der Waals surface area contributed by atoms with Gasteiger partial charge in [-0.1, -0.05) is 6.07 Å². The molecule has 0 saturated carbocycles. The summed E-state index contributed by atoms with van der Waals surface area (Å²) in [7, 11) is 0. The first kappa shape index (κ1) is 3.19. The summed E-state index contributed by atoms with van der Waals surface area (Å²) in [5.74, 6) is 0. The van der Waals surface area contributed by atoms with Gasteiger partial charge in [-0.3, -0.25) is 4.98 Å². The molecule has 0 saturated heterocycles. The Kier molecular flexibility index (Phi) is 0.392. The second-order valence-corrected chi connectivity index (χ2v) is 1.52. The normalized spacial score (nSPS) is 13.1. The van der Waals surface area contributed by atoms with Gasteiger partial charge in [-0.15, -0.1) is 0 Å². The zero-order valence-corrected chi connectivity index (χ0v) is 3.68. The molecule has 1 aromatic rings. The summed E-state index contributed by atoms with van der Waals surface area (Å²) >= 11 is 0. The molecule has 0 aromatic carbocycles. The molecule has 0 atom stereocenters. The third-order valence-electron chi connectivity index (χ3n) is 0.998. The van der Waals surface area contributed by atoms with Gasteiger partial charge in [0.25, 0.3) is 0 Å². The molecule has 0 spiro atoms. The van der Waals surface area contributed by atoms with Gasteiger partial charge in [-0.2, -0.15) is 0 Å². The Labute approximate surface area is 42.0 Å². The molecule has 0 unspecified atom stereocenters. The number of fused-ring (bicyclic) bond motifs is 1. The lowest BCUT2D eigenvalue weighted by Gasteiger charge is -1.68. The molecule has 0 aliphatic heterocycles. The Hall–Kier alpha value is -0.850. The largest absolute Gasteiger partial charge is 0.260 e. The van der Waals surface area contributed by atoms with Crippen LogP contribution in [-0.4, -0.2) is 4.98 Å². The van der Waals surface area contributed by atoms with Crippen molar-refractivity contribution in [2.24, 2.45) is 0 Å². The van der Waals surface area contributed by atoms with Crippen LogP contribution in [0.2, 0.25) is 0 Å². The Morgan fingerprint density at radius 2 is 2.57 bits per heavy atom. The first-order valence-corrected chi connectivity index (χ1v) is 2.19. The summed E-state index contributed by atoms with van der Waals surface area (Å²) in [4.78, 5) is 3.96. The van der Waals surface area contributed by atoms with Crippen LogP contribution in [0.15, 0.2) is 18.3 Å².